The van der Waals surface area contributed by atoms with Crippen LogP contribution in [-0.4, -0.2) is 10.2 Å². The molecule has 0 bridgehead atoms. The van der Waals surface area contributed by atoms with Crippen LogP contribution >= 0.6 is 0 Å². The van der Waals surface area contributed by atoms with Gasteiger partial charge in [0, 0.05) is 28.6 Å². The smallest absolute Gasteiger partial charge is 0.128 e. The molecular formula is C14H12N2O2. The summed E-state index contributed by atoms with van der Waals surface area (Å²) < 4.78 is 0. The van der Waals surface area contributed by atoms with Crippen LogP contribution in [0.15, 0.2) is 48.8 Å². The molecule has 0 saturated heterocycles. The molecule has 3 N–H and O–H groups in total. The molecule has 3 rings (SSSR count). The molecule has 2 aromatic carbocycles. The van der Waals surface area contributed by atoms with Gasteiger partial charge in [0.05, 0.1) is 5.52 Å². The summed E-state index contributed by atoms with van der Waals surface area (Å²) in [7, 11) is 0. The van der Waals surface area contributed by atoms with Crippen LogP contribution in [0.2, 0.25) is 0 Å². The first-order valence-corrected chi connectivity index (χ1v) is 5.65. The van der Waals surface area contributed by atoms with Crippen LogP contribution in [-0.2, 0) is 0 Å². The highest BCUT2D eigenvalue weighted by molar-refractivity contribution is 6.08. The maximum absolute atomic E-state index is 10.5. The van der Waals surface area contributed by atoms with E-state index in [9.17, 15) is 5.21 Å². The van der Waals surface area contributed by atoms with E-state index < -0.39 is 5.23 Å². The summed E-state index contributed by atoms with van der Waals surface area (Å²) in [6, 6.07) is 12.2. The molecule has 0 amide bonds. The van der Waals surface area contributed by atoms with E-state index in [2.05, 4.69) is 17.1 Å². The minimum atomic E-state index is -0.940. The lowest BCUT2D eigenvalue weighted by atomic mass is 10.1. The molecule has 0 fully saturated rings. The van der Waals surface area contributed by atoms with Gasteiger partial charge in [-0.25, -0.2) is 10.4 Å². The molecule has 1 atom stereocenters. The standard InChI is InChI=1S/C14H12N2O2/c17-16(18)8-7-11-9-15-14-12-4-2-1-3-10(12)5-6-13(11)14/h1-9,15-17H/b8-7+. The fourth-order valence-corrected chi connectivity index (χ4v) is 2.19. The van der Waals surface area contributed by atoms with Crippen LogP contribution < -0.4 is 5.23 Å². The lowest BCUT2D eigenvalue weighted by Crippen LogP contribution is -2.99. The molecule has 0 aliphatic heterocycles. The zero-order valence-electron chi connectivity index (χ0n) is 9.55. The van der Waals surface area contributed by atoms with Gasteiger partial charge in [0.15, 0.2) is 0 Å². The van der Waals surface area contributed by atoms with Gasteiger partial charge in [-0.15, -0.1) is 0 Å². The summed E-state index contributed by atoms with van der Waals surface area (Å²) in [5.41, 5.74) is 1.93. The van der Waals surface area contributed by atoms with E-state index >= 15 is 0 Å². The summed E-state index contributed by atoms with van der Waals surface area (Å²) in [5, 5.41) is 21.6. The molecule has 3 aromatic rings. The van der Waals surface area contributed by atoms with Gasteiger partial charge in [0.1, 0.15) is 6.20 Å². The molecular weight excluding hydrogens is 228 g/mol. The van der Waals surface area contributed by atoms with E-state index in [1.165, 1.54) is 5.39 Å². The second-order valence-electron chi connectivity index (χ2n) is 4.12. The van der Waals surface area contributed by atoms with Crippen molar-refractivity contribution in [2.45, 2.75) is 0 Å². The summed E-state index contributed by atoms with van der Waals surface area (Å²) >= 11 is 0. The van der Waals surface area contributed by atoms with Gasteiger partial charge in [0.25, 0.3) is 0 Å². The summed E-state index contributed by atoms with van der Waals surface area (Å²) in [6.07, 6.45) is 4.59. The number of hydroxylamine groups is 2. The van der Waals surface area contributed by atoms with Gasteiger partial charge in [-0.3, -0.25) is 0 Å². The van der Waals surface area contributed by atoms with E-state index in [-0.39, 0.29) is 0 Å². The molecule has 4 heteroatoms. The van der Waals surface area contributed by atoms with E-state index in [4.69, 9.17) is 5.21 Å². The second-order valence-corrected chi connectivity index (χ2v) is 4.12. The Balaban J connectivity index is 2.23. The molecule has 0 aliphatic carbocycles. The van der Waals surface area contributed by atoms with Crippen LogP contribution in [0, 0.1) is 5.21 Å². The van der Waals surface area contributed by atoms with Crippen molar-refractivity contribution in [1.82, 2.24) is 4.98 Å². The summed E-state index contributed by atoms with van der Waals surface area (Å²) in [4.78, 5) is 3.21. The van der Waals surface area contributed by atoms with E-state index in [0.29, 0.717) is 0 Å². The molecule has 0 spiro atoms. The average molecular weight is 240 g/mol. The first kappa shape index (κ1) is 11.0. The maximum Gasteiger partial charge on any atom is 0.128 e. The third-order valence-electron chi connectivity index (χ3n) is 3.02. The predicted octanol–water partition coefficient (Wildman–Crippen LogP) is 2.06. The molecule has 0 aliphatic rings. The zero-order chi connectivity index (χ0) is 12.5. The number of benzene rings is 2. The van der Waals surface area contributed by atoms with Gasteiger partial charge < -0.3 is 10.2 Å². The topological polar surface area (TPSA) is 63.5 Å². The Kier molecular flexibility index (Phi) is 2.60. The van der Waals surface area contributed by atoms with Crippen LogP contribution in [0.4, 0.5) is 0 Å². The number of quaternary nitrogens is 1. The highest BCUT2D eigenvalue weighted by Crippen LogP contribution is 2.27. The third kappa shape index (κ3) is 1.78. The van der Waals surface area contributed by atoms with Crippen molar-refractivity contribution in [2.75, 3.05) is 0 Å². The third-order valence-corrected chi connectivity index (χ3v) is 3.02. The number of aromatic nitrogens is 1. The number of aromatic amines is 1. The zero-order valence-corrected chi connectivity index (χ0v) is 9.55. The van der Waals surface area contributed by atoms with Gasteiger partial charge in [-0.1, -0.05) is 36.4 Å². The number of fused-ring (bicyclic) bond motifs is 3. The molecule has 0 radical (unpaired) electrons. The average Bonchev–Trinajstić information content (AvgIpc) is 2.80. The van der Waals surface area contributed by atoms with E-state index in [1.54, 1.807) is 6.08 Å². The number of nitrogens with one attached hydrogen (secondary N) is 2. The Morgan fingerprint density at radius 1 is 1.11 bits per heavy atom. The highest BCUT2D eigenvalue weighted by Gasteiger charge is 2.04. The quantitative estimate of drug-likeness (QED) is 0.600. The molecule has 90 valence electrons. The normalized spacial score (nSPS) is 13.7. The lowest BCUT2D eigenvalue weighted by molar-refractivity contribution is -1.00. The van der Waals surface area contributed by atoms with Crippen LogP contribution in [0.1, 0.15) is 5.56 Å². The Morgan fingerprint density at radius 3 is 2.78 bits per heavy atom. The minimum absolute atomic E-state index is 0.887. The summed E-state index contributed by atoms with van der Waals surface area (Å²) in [5.74, 6) is 0. The van der Waals surface area contributed by atoms with E-state index in [0.717, 1.165) is 28.1 Å². The second kappa shape index (κ2) is 4.27. The van der Waals surface area contributed by atoms with Crippen LogP contribution in [0.25, 0.3) is 27.8 Å². The number of hydrogen-bond acceptors (Lipinski definition) is 2. The first-order chi connectivity index (χ1) is 8.75. The molecule has 1 heterocycles. The minimum Gasteiger partial charge on any atom is -0.595 e. The van der Waals surface area contributed by atoms with Crippen LogP contribution in [0.5, 0.6) is 0 Å². The predicted molar refractivity (Wildman–Crippen MR) is 71.0 cm³/mol. The maximum atomic E-state index is 10.5. The highest BCUT2D eigenvalue weighted by atomic mass is 16.8. The molecule has 4 nitrogen and oxygen atoms in total. The largest absolute Gasteiger partial charge is 0.595 e. The fourth-order valence-electron chi connectivity index (χ4n) is 2.19. The number of hydrogen-bond donors (Lipinski definition) is 3. The van der Waals surface area contributed by atoms with Gasteiger partial charge in [-0.2, -0.15) is 0 Å². The Morgan fingerprint density at radius 2 is 1.94 bits per heavy atom. The summed E-state index contributed by atoms with van der Waals surface area (Å²) in [6.45, 7) is 0. The van der Waals surface area contributed by atoms with Crippen molar-refractivity contribution in [3.63, 3.8) is 0 Å². The fraction of sp³-hybridized carbons (Fsp3) is 0. The van der Waals surface area contributed by atoms with Gasteiger partial charge in [0.2, 0.25) is 0 Å². The SMILES string of the molecule is [O-][NH+](O)/C=C/c1c[nH]c2c1ccc1ccccc12. The van der Waals surface area contributed by atoms with Crippen molar-refractivity contribution in [2.24, 2.45) is 0 Å². The monoisotopic (exact) mass is 240 g/mol. The first-order valence-electron chi connectivity index (χ1n) is 5.65. The number of H-pyrrole nitrogens is 1. The Bertz CT molecular complexity index is 729. The van der Waals surface area contributed by atoms with Crippen molar-refractivity contribution >= 4 is 27.8 Å². The van der Waals surface area contributed by atoms with E-state index in [1.807, 2.05) is 30.5 Å². The molecule has 1 aromatic heterocycles. The van der Waals surface area contributed by atoms with Gasteiger partial charge >= 0.3 is 0 Å². The van der Waals surface area contributed by atoms with Crippen molar-refractivity contribution in [3.8, 4) is 0 Å². The lowest BCUT2D eigenvalue weighted by Gasteiger charge is -2.03. The molecule has 18 heavy (non-hydrogen) atoms. The Labute approximate surface area is 103 Å². The molecule has 1 unspecified atom stereocenters. The van der Waals surface area contributed by atoms with Gasteiger partial charge in [-0.05, 0) is 5.39 Å². The van der Waals surface area contributed by atoms with Crippen molar-refractivity contribution in [3.05, 3.63) is 59.6 Å². The Hall–Kier alpha value is -2.14. The number of rotatable bonds is 2. The van der Waals surface area contributed by atoms with Crippen molar-refractivity contribution < 1.29 is 10.4 Å². The molecule has 0 saturated carbocycles. The van der Waals surface area contributed by atoms with Crippen molar-refractivity contribution in [1.29, 1.82) is 0 Å². The van der Waals surface area contributed by atoms with Crippen LogP contribution in [0.3, 0.4) is 0 Å².